The van der Waals surface area contributed by atoms with Gasteiger partial charge in [-0.3, -0.25) is 0 Å². The SMILES string of the molecule is COC[C@H](OCc1ccccc1)[C@@H](OCc1ccccc1)[C@H](O)COCc1ccccc1. The largest absolute Gasteiger partial charge is 0.388 e. The average molecular weight is 437 g/mol. The summed E-state index contributed by atoms with van der Waals surface area (Å²) in [6.07, 6.45) is -1.95. The molecule has 3 aromatic carbocycles. The third-order valence-electron chi connectivity index (χ3n) is 5.07. The molecule has 0 aromatic heterocycles. The van der Waals surface area contributed by atoms with Crippen LogP contribution in [0.1, 0.15) is 16.7 Å². The summed E-state index contributed by atoms with van der Waals surface area (Å²) in [5.41, 5.74) is 3.12. The summed E-state index contributed by atoms with van der Waals surface area (Å²) in [7, 11) is 1.62. The van der Waals surface area contributed by atoms with Crippen molar-refractivity contribution in [3.05, 3.63) is 108 Å². The summed E-state index contributed by atoms with van der Waals surface area (Å²) in [6.45, 7) is 1.60. The Morgan fingerprint density at radius 1 is 0.625 bits per heavy atom. The van der Waals surface area contributed by atoms with Gasteiger partial charge in [-0.05, 0) is 16.7 Å². The minimum absolute atomic E-state index is 0.128. The van der Waals surface area contributed by atoms with Crippen molar-refractivity contribution in [2.24, 2.45) is 0 Å². The Hall–Kier alpha value is -2.54. The van der Waals surface area contributed by atoms with Crippen LogP contribution in [0.25, 0.3) is 0 Å². The lowest BCUT2D eigenvalue weighted by atomic mass is 10.1. The summed E-state index contributed by atoms with van der Waals surface area (Å²) in [4.78, 5) is 0. The number of methoxy groups -OCH3 is 1. The maximum absolute atomic E-state index is 11.0. The summed E-state index contributed by atoms with van der Waals surface area (Å²) in [6, 6.07) is 29.7. The normalized spacial score (nSPS) is 14.1. The van der Waals surface area contributed by atoms with Gasteiger partial charge in [-0.2, -0.15) is 0 Å². The molecular weight excluding hydrogens is 404 g/mol. The first-order valence-electron chi connectivity index (χ1n) is 10.9. The van der Waals surface area contributed by atoms with Crippen molar-refractivity contribution in [2.75, 3.05) is 20.3 Å². The van der Waals surface area contributed by atoms with Gasteiger partial charge in [0.1, 0.15) is 18.3 Å². The zero-order chi connectivity index (χ0) is 22.4. The minimum atomic E-state index is -0.877. The van der Waals surface area contributed by atoms with Crippen LogP contribution < -0.4 is 0 Å². The first-order chi connectivity index (χ1) is 15.8. The van der Waals surface area contributed by atoms with E-state index in [1.54, 1.807) is 7.11 Å². The Balaban J connectivity index is 1.64. The Labute approximate surface area is 190 Å². The molecule has 0 saturated heterocycles. The van der Waals surface area contributed by atoms with E-state index in [1.807, 2.05) is 91.0 Å². The second-order valence-electron chi connectivity index (χ2n) is 7.62. The zero-order valence-electron chi connectivity index (χ0n) is 18.5. The summed E-state index contributed by atoms with van der Waals surface area (Å²) in [5, 5.41) is 11.0. The lowest BCUT2D eigenvalue weighted by molar-refractivity contribution is -0.160. The predicted molar refractivity (Wildman–Crippen MR) is 124 cm³/mol. The van der Waals surface area contributed by atoms with Gasteiger partial charge in [0.15, 0.2) is 0 Å². The van der Waals surface area contributed by atoms with Gasteiger partial charge >= 0.3 is 0 Å². The van der Waals surface area contributed by atoms with Crippen molar-refractivity contribution in [3.8, 4) is 0 Å². The molecule has 0 radical (unpaired) electrons. The molecule has 5 heteroatoms. The van der Waals surface area contributed by atoms with E-state index in [9.17, 15) is 5.11 Å². The highest BCUT2D eigenvalue weighted by atomic mass is 16.6. The highest BCUT2D eigenvalue weighted by Crippen LogP contribution is 2.16. The fourth-order valence-electron chi connectivity index (χ4n) is 3.38. The Bertz CT molecular complexity index is 857. The molecule has 3 rings (SSSR count). The van der Waals surface area contributed by atoms with E-state index >= 15 is 0 Å². The third-order valence-corrected chi connectivity index (χ3v) is 5.07. The monoisotopic (exact) mass is 436 g/mol. The van der Waals surface area contributed by atoms with Gasteiger partial charge in [0, 0.05) is 7.11 Å². The Morgan fingerprint density at radius 2 is 1.09 bits per heavy atom. The van der Waals surface area contributed by atoms with Crippen LogP contribution in [0, 0.1) is 0 Å². The van der Waals surface area contributed by atoms with Crippen LogP contribution in [0.3, 0.4) is 0 Å². The highest BCUT2D eigenvalue weighted by molar-refractivity contribution is 5.15. The van der Waals surface area contributed by atoms with Gasteiger partial charge in [0.05, 0.1) is 33.0 Å². The molecule has 0 aliphatic carbocycles. The summed E-state index contributed by atoms with van der Waals surface area (Å²) >= 11 is 0. The lowest BCUT2D eigenvalue weighted by Gasteiger charge is -2.31. The minimum Gasteiger partial charge on any atom is -0.388 e. The van der Waals surface area contributed by atoms with E-state index in [0.717, 1.165) is 16.7 Å². The predicted octanol–water partition coefficient (Wildman–Crippen LogP) is 4.38. The van der Waals surface area contributed by atoms with Gasteiger partial charge in [0.25, 0.3) is 0 Å². The van der Waals surface area contributed by atoms with Crippen LogP contribution in [0.2, 0.25) is 0 Å². The van der Waals surface area contributed by atoms with Crippen molar-refractivity contribution in [1.29, 1.82) is 0 Å². The third kappa shape index (κ3) is 8.19. The smallest absolute Gasteiger partial charge is 0.114 e. The number of hydrogen-bond donors (Lipinski definition) is 1. The van der Waals surface area contributed by atoms with Gasteiger partial charge in [-0.25, -0.2) is 0 Å². The molecule has 3 aromatic rings. The van der Waals surface area contributed by atoms with Gasteiger partial charge in [0.2, 0.25) is 0 Å². The molecule has 0 amide bonds. The molecule has 0 unspecified atom stereocenters. The zero-order valence-corrected chi connectivity index (χ0v) is 18.5. The van der Waals surface area contributed by atoms with E-state index in [1.165, 1.54) is 0 Å². The van der Waals surface area contributed by atoms with Crippen LogP contribution in [-0.4, -0.2) is 43.7 Å². The van der Waals surface area contributed by atoms with Gasteiger partial charge < -0.3 is 24.1 Å². The van der Waals surface area contributed by atoms with E-state index in [2.05, 4.69) is 0 Å². The maximum atomic E-state index is 11.0. The molecule has 0 spiro atoms. The quantitative estimate of drug-likeness (QED) is 0.406. The molecule has 0 fully saturated rings. The van der Waals surface area contributed by atoms with E-state index in [0.29, 0.717) is 26.4 Å². The van der Waals surface area contributed by atoms with Crippen LogP contribution in [0.15, 0.2) is 91.0 Å². The van der Waals surface area contributed by atoms with Gasteiger partial charge in [-0.1, -0.05) is 91.0 Å². The fraction of sp³-hybridized carbons (Fsp3) is 0.333. The van der Waals surface area contributed by atoms with Crippen molar-refractivity contribution in [1.82, 2.24) is 0 Å². The molecule has 5 nitrogen and oxygen atoms in total. The van der Waals surface area contributed by atoms with Crippen molar-refractivity contribution < 1.29 is 24.1 Å². The second-order valence-corrected chi connectivity index (χ2v) is 7.62. The summed E-state index contributed by atoms with van der Waals surface area (Å²) in [5.74, 6) is 0. The molecule has 0 aliphatic heterocycles. The average Bonchev–Trinajstić information content (AvgIpc) is 2.84. The van der Waals surface area contributed by atoms with Crippen LogP contribution in [0.5, 0.6) is 0 Å². The van der Waals surface area contributed by atoms with E-state index in [4.69, 9.17) is 18.9 Å². The molecule has 170 valence electrons. The topological polar surface area (TPSA) is 57.2 Å². The second kappa shape index (κ2) is 13.8. The van der Waals surface area contributed by atoms with Crippen molar-refractivity contribution in [2.45, 2.75) is 38.1 Å². The molecule has 3 atom stereocenters. The number of aliphatic hydroxyl groups is 1. The van der Waals surface area contributed by atoms with Gasteiger partial charge in [-0.15, -0.1) is 0 Å². The molecule has 0 bridgehead atoms. The van der Waals surface area contributed by atoms with Crippen molar-refractivity contribution in [3.63, 3.8) is 0 Å². The standard InChI is InChI=1S/C27H32O5/c1-29-21-26(31-18-23-13-7-3-8-14-23)27(32-19-24-15-9-4-10-16-24)25(28)20-30-17-22-11-5-2-6-12-22/h2-16,25-28H,17-21H2,1H3/t25-,26+,27+/m1/s1. The molecule has 1 N–H and O–H groups in total. The molecule has 0 saturated carbocycles. The molecule has 32 heavy (non-hydrogen) atoms. The number of aliphatic hydroxyl groups excluding tert-OH is 1. The Morgan fingerprint density at radius 3 is 1.59 bits per heavy atom. The Kier molecular flexibility index (Phi) is 10.4. The lowest BCUT2D eigenvalue weighted by Crippen LogP contribution is -2.45. The maximum Gasteiger partial charge on any atom is 0.114 e. The molecule has 0 heterocycles. The number of rotatable bonds is 14. The van der Waals surface area contributed by atoms with Crippen LogP contribution in [-0.2, 0) is 38.8 Å². The first-order valence-corrected chi connectivity index (χ1v) is 10.9. The molecular formula is C27H32O5. The first kappa shape index (κ1) is 24.1. The highest BCUT2D eigenvalue weighted by Gasteiger charge is 2.31. The number of hydrogen-bond acceptors (Lipinski definition) is 5. The fourth-order valence-corrected chi connectivity index (χ4v) is 3.38. The molecule has 0 aliphatic rings. The van der Waals surface area contributed by atoms with Crippen LogP contribution in [0.4, 0.5) is 0 Å². The van der Waals surface area contributed by atoms with E-state index in [-0.39, 0.29) is 6.61 Å². The van der Waals surface area contributed by atoms with Crippen molar-refractivity contribution >= 4 is 0 Å². The van der Waals surface area contributed by atoms with E-state index < -0.39 is 18.3 Å². The number of ether oxygens (including phenoxy) is 4. The van der Waals surface area contributed by atoms with Crippen LogP contribution >= 0.6 is 0 Å². The summed E-state index contributed by atoms with van der Waals surface area (Å²) < 4.78 is 23.5. The number of benzene rings is 3.